The molecule has 3 N–H and O–H groups in total. The summed E-state index contributed by atoms with van der Waals surface area (Å²) in [5, 5.41) is 18.9. The predicted molar refractivity (Wildman–Crippen MR) is 107 cm³/mol. The molecular weight excluding hydrogens is 399 g/mol. The number of carbonyl (C=O) groups is 1. The number of rotatable bonds is 9. The zero-order valence-electron chi connectivity index (χ0n) is 16.2. The molecule has 2 aromatic rings. The van der Waals surface area contributed by atoms with Gasteiger partial charge in [0, 0.05) is 12.2 Å². The van der Waals surface area contributed by atoms with Crippen molar-refractivity contribution in [2.75, 3.05) is 17.9 Å². The minimum absolute atomic E-state index is 0.0437. The van der Waals surface area contributed by atoms with Gasteiger partial charge in [-0.1, -0.05) is 12.1 Å². The van der Waals surface area contributed by atoms with Gasteiger partial charge in [0.25, 0.3) is 10.0 Å². The zero-order valence-corrected chi connectivity index (χ0v) is 17.1. The van der Waals surface area contributed by atoms with E-state index >= 15 is 0 Å². The molecule has 1 amide bonds. The Balaban J connectivity index is 2.07. The number of hydrogen-bond donors (Lipinski definition) is 3. The number of nitrogens with zero attached hydrogens (tertiary/aromatic N) is 1. The third-order valence-corrected chi connectivity index (χ3v) is 5.66. The van der Waals surface area contributed by atoms with E-state index in [1.807, 2.05) is 0 Å². The number of carbonyl (C=O) groups excluding carboxylic acids is 1. The second kappa shape index (κ2) is 9.82. The quantitative estimate of drug-likeness (QED) is 0.569. The summed E-state index contributed by atoms with van der Waals surface area (Å²) in [6, 6.07) is 10.3. The second-order valence-electron chi connectivity index (χ2n) is 6.86. The molecule has 0 bridgehead atoms. The Kier molecular flexibility index (Phi) is 7.72. The van der Waals surface area contributed by atoms with Crippen molar-refractivity contribution in [3.63, 3.8) is 0 Å². The van der Waals surface area contributed by atoms with Crippen molar-refractivity contribution in [3.8, 4) is 0 Å². The molecular formula is C20H25FN2O5S. The van der Waals surface area contributed by atoms with Crippen LogP contribution >= 0.6 is 0 Å². The van der Waals surface area contributed by atoms with E-state index in [0.717, 1.165) is 12.1 Å². The Bertz CT molecular complexity index is 915. The lowest BCUT2D eigenvalue weighted by molar-refractivity contribution is -0.134. The molecule has 0 saturated carbocycles. The highest BCUT2D eigenvalue weighted by atomic mass is 32.2. The number of halogens is 1. The molecule has 0 unspecified atom stereocenters. The fourth-order valence-corrected chi connectivity index (χ4v) is 3.76. The van der Waals surface area contributed by atoms with Gasteiger partial charge in [0.2, 0.25) is 5.91 Å². The number of amides is 1. The first-order valence-electron chi connectivity index (χ1n) is 9.08. The van der Waals surface area contributed by atoms with Crippen molar-refractivity contribution in [3.05, 3.63) is 59.9 Å². The summed E-state index contributed by atoms with van der Waals surface area (Å²) in [5.74, 6) is -0.787. The molecule has 29 heavy (non-hydrogen) atoms. The first kappa shape index (κ1) is 22.8. The summed E-state index contributed by atoms with van der Waals surface area (Å²) in [6.07, 6.45) is -0.682. The van der Waals surface area contributed by atoms with Crippen molar-refractivity contribution in [1.82, 2.24) is 4.90 Å². The van der Waals surface area contributed by atoms with Gasteiger partial charge >= 0.3 is 0 Å². The summed E-state index contributed by atoms with van der Waals surface area (Å²) in [5.41, 5.74) is 0.954. The first-order chi connectivity index (χ1) is 13.6. The van der Waals surface area contributed by atoms with Crippen LogP contribution in [0.4, 0.5) is 10.1 Å². The third-order valence-electron chi connectivity index (χ3n) is 4.26. The maximum Gasteiger partial charge on any atom is 0.261 e. The summed E-state index contributed by atoms with van der Waals surface area (Å²) in [7, 11) is -3.85. The number of benzene rings is 2. The summed E-state index contributed by atoms with van der Waals surface area (Å²) in [4.78, 5) is 13.9. The first-order valence-corrected chi connectivity index (χ1v) is 10.6. The predicted octanol–water partition coefficient (Wildman–Crippen LogP) is 1.76. The van der Waals surface area contributed by atoms with E-state index in [-0.39, 0.29) is 30.4 Å². The van der Waals surface area contributed by atoms with Crippen LogP contribution in [0, 0.1) is 5.82 Å². The number of sulfonamides is 1. The molecule has 0 radical (unpaired) electrons. The van der Waals surface area contributed by atoms with Gasteiger partial charge in [-0.05, 0) is 55.8 Å². The smallest absolute Gasteiger partial charge is 0.261 e. The van der Waals surface area contributed by atoms with Crippen LogP contribution in [-0.2, 0) is 21.2 Å². The van der Waals surface area contributed by atoms with Gasteiger partial charge in [0.05, 0.1) is 30.1 Å². The van der Waals surface area contributed by atoms with E-state index < -0.39 is 28.0 Å². The number of anilines is 1. The van der Waals surface area contributed by atoms with Crippen LogP contribution in [0.25, 0.3) is 0 Å². The SMILES string of the molecule is C[C@H](O)CN(C(=O)Cc1ccc(NS(=O)(=O)c2ccc(F)cc2)cc1)[C@H](C)CO. The minimum atomic E-state index is -3.85. The zero-order chi connectivity index (χ0) is 21.6. The lowest BCUT2D eigenvalue weighted by atomic mass is 10.1. The fraction of sp³-hybridized carbons (Fsp3) is 0.350. The number of nitrogens with one attached hydrogen (secondary N) is 1. The second-order valence-corrected chi connectivity index (χ2v) is 8.54. The molecule has 0 aliphatic carbocycles. The number of aliphatic hydroxyl groups excluding tert-OH is 2. The molecule has 0 aliphatic rings. The van der Waals surface area contributed by atoms with Crippen LogP contribution in [0.15, 0.2) is 53.4 Å². The molecule has 0 heterocycles. The highest BCUT2D eigenvalue weighted by Gasteiger charge is 2.21. The van der Waals surface area contributed by atoms with Gasteiger partial charge in [-0.2, -0.15) is 0 Å². The van der Waals surface area contributed by atoms with Gasteiger partial charge in [0.1, 0.15) is 5.82 Å². The van der Waals surface area contributed by atoms with E-state index in [1.54, 1.807) is 26.0 Å². The minimum Gasteiger partial charge on any atom is -0.394 e. The van der Waals surface area contributed by atoms with Gasteiger partial charge in [0.15, 0.2) is 0 Å². The van der Waals surface area contributed by atoms with E-state index in [9.17, 15) is 27.8 Å². The van der Waals surface area contributed by atoms with Gasteiger partial charge in [-0.15, -0.1) is 0 Å². The van der Waals surface area contributed by atoms with Gasteiger partial charge in [-0.25, -0.2) is 12.8 Å². The monoisotopic (exact) mass is 424 g/mol. The molecule has 9 heteroatoms. The lowest BCUT2D eigenvalue weighted by Crippen LogP contribution is -2.45. The molecule has 7 nitrogen and oxygen atoms in total. The Morgan fingerprint density at radius 1 is 1.10 bits per heavy atom. The Morgan fingerprint density at radius 2 is 1.69 bits per heavy atom. The Hall–Kier alpha value is -2.49. The van der Waals surface area contributed by atoms with Crippen LogP contribution in [0.5, 0.6) is 0 Å². The van der Waals surface area contributed by atoms with Crippen molar-refractivity contribution in [1.29, 1.82) is 0 Å². The topological polar surface area (TPSA) is 107 Å². The highest BCUT2D eigenvalue weighted by Crippen LogP contribution is 2.18. The maximum absolute atomic E-state index is 13.0. The van der Waals surface area contributed by atoms with Crippen molar-refractivity contribution in [2.45, 2.75) is 37.3 Å². The fourth-order valence-electron chi connectivity index (χ4n) is 2.71. The molecule has 0 spiro atoms. The van der Waals surface area contributed by atoms with Gasteiger partial charge < -0.3 is 15.1 Å². The highest BCUT2D eigenvalue weighted by molar-refractivity contribution is 7.92. The molecule has 0 saturated heterocycles. The summed E-state index contributed by atoms with van der Waals surface area (Å²) < 4.78 is 40.0. The Morgan fingerprint density at radius 3 is 2.21 bits per heavy atom. The van der Waals surface area contributed by atoms with Crippen LogP contribution in [0.2, 0.25) is 0 Å². The molecule has 0 fully saturated rings. The molecule has 2 rings (SSSR count). The summed E-state index contributed by atoms with van der Waals surface area (Å²) in [6.45, 7) is 3.14. The van der Waals surface area contributed by atoms with Crippen LogP contribution < -0.4 is 4.72 Å². The van der Waals surface area contributed by atoms with Crippen LogP contribution in [0.3, 0.4) is 0 Å². The number of aliphatic hydroxyl groups is 2. The van der Waals surface area contributed by atoms with E-state index in [0.29, 0.717) is 11.3 Å². The molecule has 0 aliphatic heterocycles. The van der Waals surface area contributed by atoms with E-state index in [1.165, 1.54) is 29.2 Å². The largest absolute Gasteiger partial charge is 0.394 e. The average Bonchev–Trinajstić information content (AvgIpc) is 2.67. The van der Waals surface area contributed by atoms with Crippen LogP contribution in [-0.4, -0.2) is 54.7 Å². The Labute approximate surface area is 169 Å². The standard InChI is InChI=1S/C20H25FN2O5S/c1-14(13-24)23(12-15(2)25)20(26)11-16-3-7-18(8-4-16)22-29(27,28)19-9-5-17(21)6-10-19/h3-10,14-15,22,24-25H,11-13H2,1-2H3/t14-,15+/m1/s1. The molecule has 2 atom stereocenters. The van der Waals surface area contributed by atoms with Crippen molar-refractivity contribution >= 4 is 21.6 Å². The maximum atomic E-state index is 13.0. The van der Waals surface area contributed by atoms with Gasteiger partial charge in [-0.3, -0.25) is 9.52 Å². The van der Waals surface area contributed by atoms with E-state index in [2.05, 4.69) is 4.72 Å². The third kappa shape index (κ3) is 6.52. The van der Waals surface area contributed by atoms with E-state index in [4.69, 9.17) is 0 Å². The average molecular weight is 424 g/mol. The van der Waals surface area contributed by atoms with Crippen molar-refractivity contribution in [2.24, 2.45) is 0 Å². The van der Waals surface area contributed by atoms with Crippen LogP contribution in [0.1, 0.15) is 19.4 Å². The summed E-state index contributed by atoms with van der Waals surface area (Å²) >= 11 is 0. The lowest BCUT2D eigenvalue weighted by Gasteiger charge is -2.29. The number of hydrogen-bond acceptors (Lipinski definition) is 5. The normalized spacial score (nSPS) is 13.6. The van der Waals surface area contributed by atoms with Crippen molar-refractivity contribution < 1.29 is 27.8 Å². The molecule has 158 valence electrons. The molecule has 0 aromatic heterocycles. The molecule has 2 aromatic carbocycles.